The molecular weight excluding hydrogens is 294 g/mol. The Bertz CT molecular complexity index is 455. The van der Waals surface area contributed by atoms with Crippen molar-refractivity contribution < 1.29 is 9.47 Å². The lowest BCUT2D eigenvalue weighted by Crippen LogP contribution is -2.33. The fourth-order valence-corrected chi connectivity index (χ4v) is 3.32. The van der Waals surface area contributed by atoms with E-state index in [1.807, 2.05) is 6.07 Å². The lowest BCUT2D eigenvalue weighted by Gasteiger charge is -2.27. The summed E-state index contributed by atoms with van der Waals surface area (Å²) >= 11 is 3.53. The molecule has 1 aliphatic carbocycles. The van der Waals surface area contributed by atoms with Crippen LogP contribution in [0.15, 0.2) is 16.6 Å². The fourth-order valence-electron chi connectivity index (χ4n) is 2.89. The van der Waals surface area contributed by atoms with Crippen molar-refractivity contribution in [2.75, 3.05) is 13.2 Å². The fraction of sp³-hybridized carbons (Fsp3) is 0.571. The summed E-state index contributed by atoms with van der Waals surface area (Å²) in [6, 6.07) is 4.11. The molecule has 1 fully saturated rings. The van der Waals surface area contributed by atoms with Crippen LogP contribution in [0.25, 0.3) is 0 Å². The highest BCUT2D eigenvalue weighted by Crippen LogP contribution is 2.47. The maximum absolute atomic E-state index is 6.55. The van der Waals surface area contributed by atoms with Crippen LogP contribution < -0.4 is 15.2 Å². The van der Waals surface area contributed by atoms with E-state index in [-0.39, 0.29) is 5.54 Å². The van der Waals surface area contributed by atoms with Crippen LogP contribution in [0, 0.1) is 0 Å². The van der Waals surface area contributed by atoms with Gasteiger partial charge in [0.25, 0.3) is 0 Å². The second kappa shape index (κ2) is 4.74. The van der Waals surface area contributed by atoms with E-state index in [1.165, 1.54) is 12.8 Å². The average Bonchev–Trinajstić information content (AvgIpc) is 2.65. The second-order valence-corrected chi connectivity index (χ2v) is 6.02. The van der Waals surface area contributed by atoms with Crippen LogP contribution in [-0.4, -0.2) is 13.2 Å². The number of ether oxygens (including phenoxy) is 2. The van der Waals surface area contributed by atoms with E-state index in [0.717, 1.165) is 40.8 Å². The molecule has 2 N–H and O–H groups in total. The molecule has 1 saturated carbocycles. The Hall–Kier alpha value is -0.740. The maximum Gasteiger partial charge on any atom is 0.175 e. The Morgan fingerprint density at radius 1 is 1.00 bits per heavy atom. The standard InChI is InChI=1S/C14H18BrNO2/c15-11-5-4-10(14(16)6-1-2-7-14)12-13(11)18-9-3-8-17-12/h4-5H,1-3,6-9,16H2. The molecule has 1 aromatic carbocycles. The van der Waals surface area contributed by atoms with Crippen molar-refractivity contribution in [1.29, 1.82) is 0 Å². The first-order valence-corrected chi connectivity index (χ1v) is 7.37. The Kier molecular flexibility index (Phi) is 3.24. The van der Waals surface area contributed by atoms with Gasteiger partial charge in [-0.05, 0) is 34.8 Å². The van der Waals surface area contributed by atoms with Crippen LogP contribution in [-0.2, 0) is 5.54 Å². The van der Waals surface area contributed by atoms with Crippen molar-refractivity contribution in [3.05, 3.63) is 22.2 Å². The number of hydrogen-bond acceptors (Lipinski definition) is 3. The molecule has 98 valence electrons. The molecule has 4 heteroatoms. The summed E-state index contributed by atoms with van der Waals surface area (Å²) in [4.78, 5) is 0. The van der Waals surface area contributed by atoms with E-state index >= 15 is 0 Å². The number of fused-ring (bicyclic) bond motifs is 1. The zero-order valence-electron chi connectivity index (χ0n) is 10.4. The summed E-state index contributed by atoms with van der Waals surface area (Å²) in [6.07, 6.45) is 5.37. The molecule has 3 rings (SSSR count). The van der Waals surface area contributed by atoms with E-state index in [2.05, 4.69) is 22.0 Å². The molecule has 3 nitrogen and oxygen atoms in total. The molecule has 1 heterocycles. The zero-order valence-corrected chi connectivity index (χ0v) is 12.0. The van der Waals surface area contributed by atoms with Gasteiger partial charge in [-0.15, -0.1) is 0 Å². The van der Waals surface area contributed by atoms with Gasteiger partial charge in [-0.3, -0.25) is 0 Å². The number of hydrogen-bond donors (Lipinski definition) is 1. The maximum atomic E-state index is 6.55. The van der Waals surface area contributed by atoms with E-state index in [4.69, 9.17) is 15.2 Å². The van der Waals surface area contributed by atoms with Crippen molar-refractivity contribution in [3.63, 3.8) is 0 Å². The first kappa shape index (κ1) is 12.3. The molecule has 2 aliphatic rings. The van der Waals surface area contributed by atoms with Crippen LogP contribution in [0.5, 0.6) is 11.5 Å². The van der Waals surface area contributed by atoms with Crippen molar-refractivity contribution in [1.82, 2.24) is 0 Å². The van der Waals surface area contributed by atoms with E-state index in [9.17, 15) is 0 Å². The van der Waals surface area contributed by atoms with Crippen molar-refractivity contribution in [3.8, 4) is 11.5 Å². The summed E-state index contributed by atoms with van der Waals surface area (Å²) in [7, 11) is 0. The predicted molar refractivity (Wildman–Crippen MR) is 74.1 cm³/mol. The number of benzene rings is 1. The average molecular weight is 312 g/mol. The highest BCUT2D eigenvalue weighted by molar-refractivity contribution is 9.10. The lowest BCUT2D eigenvalue weighted by atomic mass is 9.88. The molecule has 18 heavy (non-hydrogen) atoms. The molecule has 0 bridgehead atoms. The van der Waals surface area contributed by atoms with Crippen molar-refractivity contribution >= 4 is 15.9 Å². The number of rotatable bonds is 1. The summed E-state index contributed by atoms with van der Waals surface area (Å²) in [5.74, 6) is 1.67. The lowest BCUT2D eigenvalue weighted by molar-refractivity contribution is 0.292. The summed E-state index contributed by atoms with van der Waals surface area (Å²) in [5, 5.41) is 0. The predicted octanol–water partition coefficient (Wildman–Crippen LogP) is 3.34. The summed E-state index contributed by atoms with van der Waals surface area (Å²) in [5.41, 5.74) is 7.43. The molecule has 0 radical (unpaired) electrons. The topological polar surface area (TPSA) is 44.5 Å². The van der Waals surface area contributed by atoms with E-state index < -0.39 is 0 Å². The van der Waals surface area contributed by atoms with Gasteiger partial charge in [0.1, 0.15) is 0 Å². The first-order chi connectivity index (χ1) is 8.71. The molecule has 0 spiro atoms. The summed E-state index contributed by atoms with van der Waals surface area (Å²) < 4.78 is 12.6. The van der Waals surface area contributed by atoms with E-state index in [1.54, 1.807) is 0 Å². The van der Waals surface area contributed by atoms with Gasteiger partial charge < -0.3 is 15.2 Å². The van der Waals surface area contributed by atoms with Crippen LogP contribution in [0.4, 0.5) is 0 Å². The monoisotopic (exact) mass is 311 g/mol. The smallest absolute Gasteiger partial charge is 0.175 e. The van der Waals surface area contributed by atoms with Gasteiger partial charge in [0.15, 0.2) is 11.5 Å². The van der Waals surface area contributed by atoms with Crippen LogP contribution in [0.2, 0.25) is 0 Å². The Morgan fingerprint density at radius 2 is 1.67 bits per heavy atom. The van der Waals surface area contributed by atoms with Gasteiger partial charge in [-0.25, -0.2) is 0 Å². The molecule has 0 aromatic heterocycles. The van der Waals surface area contributed by atoms with Crippen LogP contribution in [0.1, 0.15) is 37.7 Å². The highest BCUT2D eigenvalue weighted by Gasteiger charge is 2.35. The van der Waals surface area contributed by atoms with Gasteiger partial charge in [-0.1, -0.05) is 18.9 Å². The minimum absolute atomic E-state index is 0.238. The van der Waals surface area contributed by atoms with Crippen molar-refractivity contribution in [2.24, 2.45) is 5.73 Å². The molecule has 0 amide bonds. The Morgan fingerprint density at radius 3 is 2.39 bits per heavy atom. The van der Waals surface area contributed by atoms with Gasteiger partial charge in [0.2, 0.25) is 0 Å². The van der Waals surface area contributed by atoms with Crippen molar-refractivity contribution in [2.45, 2.75) is 37.6 Å². The SMILES string of the molecule is NC1(c2ccc(Br)c3c2OCCCO3)CCCC1. The van der Waals surface area contributed by atoms with Crippen LogP contribution >= 0.6 is 15.9 Å². The normalized spacial score (nSPS) is 21.7. The van der Waals surface area contributed by atoms with Gasteiger partial charge in [0.05, 0.1) is 17.7 Å². The molecular formula is C14H18BrNO2. The third kappa shape index (κ3) is 2.01. The van der Waals surface area contributed by atoms with Gasteiger partial charge in [0, 0.05) is 17.5 Å². The summed E-state index contributed by atoms with van der Waals surface area (Å²) in [6.45, 7) is 1.40. The molecule has 0 atom stereocenters. The number of halogens is 1. The number of nitrogens with two attached hydrogens (primary N) is 1. The Balaban J connectivity index is 2.10. The zero-order chi connectivity index (χ0) is 12.6. The van der Waals surface area contributed by atoms with Crippen LogP contribution in [0.3, 0.4) is 0 Å². The third-order valence-electron chi connectivity index (χ3n) is 3.88. The minimum atomic E-state index is -0.238. The van der Waals surface area contributed by atoms with Gasteiger partial charge >= 0.3 is 0 Å². The minimum Gasteiger partial charge on any atom is -0.489 e. The molecule has 0 saturated heterocycles. The van der Waals surface area contributed by atoms with Gasteiger partial charge in [-0.2, -0.15) is 0 Å². The molecule has 0 unspecified atom stereocenters. The third-order valence-corrected chi connectivity index (χ3v) is 4.50. The first-order valence-electron chi connectivity index (χ1n) is 6.58. The quantitative estimate of drug-likeness (QED) is 0.865. The Labute approximate surface area is 116 Å². The van der Waals surface area contributed by atoms with E-state index in [0.29, 0.717) is 13.2 Å². The molecule has 1 aromatic rings. The second-order valence-electron chi connectivity index (χ2n) is 5.17. The highest BCUT2D eigenvalue weighted by atomic mass is 79.9. The molecule has 1 aliphatic heterocycles. The largest absolute Gasteiger partial charge is 0.489 e.